The first-order valence-corrected chi connectivity index (χ1v) is 7.91. The van der Waals surface area contributed by atoms with E-state index in [0.29, 0.717) is 22.5 Å². The van der Waals surface area contributed by atoms with Gasteiger partial charge < -0.3 is 10.4 Å². The predicted molar refractivity (Wildman–Crippen MR) is 82.4 cm³/mol. The Morgan fingerprint density at radius 2 is 1.64 bits per heavy atom. The third kappa shape index (κ3) is 2.05. The summed E-state index contributed by atoms with van der Waals surface area (Å²) < 4.78 is 0. The van der Waals surface area contributed by atoms with E-state index in [1.165, 1.54) is 0 Å². The van der Waals surface area contributed by atoms with Crippen molar-refractivity contribution >= 4 is 29.2 Å². The normalized spacial score (nSPS) is 37.5. The SMILES string of the molecule is O=C(Nc1ccc(Cl)cc1)[C@@H]1[C@@H]2C=C[C@H]([C@H]3C[C@H]23)[C@@H]1C(=O)O. The zero-order valence-electron chi connectivity index (χ0n) is 11.8. The first-order chi connectivity index (χ1) is 10.6. The van der Waals surface area contributed by atoms with E-state index in [4.69, 9.17) is 11.6 Å². The van der Waals surface area contributed by atoms with E-state index in [2.05, 4.69) is 11.4 Å². The molecular weight excluding hydrogens is 302 g/mol. The molecule has 2 fully saturated rings. The van der Waals surface area contributed by atoms with Gasteiger partial charge in [-0.2, -0.15) is 0 Å². The molecule has 5 rings (SSSR count). The monoisotopic (exact) mass is 317 g/mol. The van der Waals surface area contributed by atoms with Crippen molar-refractivity contribution in [3.8, 4) is 0 Å². The lowest BCUT2D eigenvalue weighted by Gasteiger charge is -2.41. The molecular formula is C17H16ClNO3. The van der Waals surface area contributed by atoms with Gasteiger partial charge in [-0.1, -0.05) is 23.8 Å². The summed E-state index contributed by atoms with van der Waals surface area (Å²) in [7, 11) is 0. The number of hydrogen-bond donors (Lipinski definition) is 2. The molecule has 6 atom stereocenters. The fraction of sp³-hybridized carbons (Fsp3) is 0.412. The largest absolute Gasteiger partial charge is 0.481 e. The van der Waals surface area contributed by atoms with Gasteiger partial charge in [0.15, 0.2) is 0 Å². The van der Waals surface area contributed by atoms with Crippen LogP contribution in [0.1, 0.15) is 6.42 Å². The van der Waals surface area contributed by atoms with Crippen LogP contribution in [0.2, 0.25) is 5.02 Å². The molecule has 0 radical (unpaired) electrons. The number of fused-ring (bicyclic) bond motifs is 1. The van der Waals surface area contributed by atoms with E-state index in [1.807, 2.05) is 6.08 Å². The second-order valence-corrected chi connectivity index (χ2v) is 6.93. The summed E-state index contributed by atoms with van der Waals surface area (Å²) in [4.78, 5) is 24.4. The van der Waals surface area contributed by atoms with E-state index >= 15 is 0 Å². The second kappa shape index (κ2) is 4.85. The Morgan fingerprint density at radius 1 is 1.05 bits per heavy atom. The Hall–Kier alpha value is -1.81. The number of hydrogen-bond acceptors (Lipinski definition) is 2. The minimum absolute atomic E-state index is 0.00784. The molecule has 0 aliphatic heterocycles. The quantitative estimate of drug-likeness (QED) is 0.842. The predicted octanol–water partition coefficient (Wildman–Crippen LogP) is 3.05. The van der Waals surface area contributed by atoms with Crippen molar-refractivity contribution < 1.29 is 14.7 Å². The molecule has 4 aliphatic rings. The number of carboxylic acid groups (broad SMARTS) is 1. The van der Waals surface area contributed by atoms with Gasteiger partial charge in [0.2, 0.25) is 5.91 Å². The molecule has 114 valence electrons. The van der Waals surface area contributed by atoms with Crippen LogP contribution in [0.3, 0.4) is 0 Å². The summed E-state index contributed by atoms with van der Waals surface area (Å²) in [6.45, 7) is 0. The lowest BCUT2D eigenvalue weighted by atomic mass is 9.62. The van der Waals surface area contributed by atoms with E-state index in [9.17, 15) is 14.7 Å². The van der Waals surface area contributed by atoms with E-state index in [-0.39, 0.29) is 17.7 Å². The van der Waals surface area contributed by atoms with Crippen molar-refractivity contribution in [3.63, 3.8) is 0 Å². The van der Waals surface area contributed by atoms with E-state index in [0.717, 1.165) is 6.42 Å². The third-order valence-corrected chi connectivity index (χ3v) is 5.60. The van der Waals surface area contributed by atoms with Gasteiger partial charge >= 0.3 is 5.97 Å². The van der Waals surface area contributed by atoms with Crippen LogP contribution in [0, 0.1) is 35.5 Å². The Bertz CT molecular complexity index is 669. The maximum Gasteiger partial charge on any atom is 0.307 e. The van der Waals surface area contributed by atoms with Gasteiger partial charge in [-0.15, -0.1) is 0 Å². The van der Waals surface area contributed by atoms with Crippen LogP contribution in [-0.2, 0) is 9.59 Å². The zero-order valence-corrected chi connectivity index (χ0v) is 12.5. The van der Waals surface area contributed by atoms with Crippen molar-refractivity contribution in [1.29, 1.82) is 0 Å². The third-order valence-electron chi connectivity index (χ3n) is 5.35. The number of allylic oxidation sites excluding steroid dienone is 2. The minimum atomic E-state index is -0.860. The van der Waals surface area contributed by atoms with E-state index < -0.39 is 17.8 Å². The summed E-state index contributed by atoms with van der Waals surface area (Å²) in [5.41, 5.74) is 0.649. The van der Waals surface area contributed by atoms with E-state index in [1.54, 1.807) is 24.3 Å². The summed E-state index contributed by atoms with van der Waals surface area (Å²) >= 11 is 5.84. The van der Waals surface area contributed by atoms with Crippen molar-refractivity contribution in [1.82, 2.24) is 0 Å². The van der Waals surface area contributed by atoms with Gasteiger partial charge in [-0.3, -0.25) is 9.59 Å². The van der Waals surface area contributed by atoms with Crippen LogP contribution < -0.4 is 5.32 Å². The summed E-state index contributed by atoms with van der Waals surface area (Å²) in [6.07, 6.45) is 5.13. The Balaban J connectivity index is 1.60. The molecule has 1 aromatic rings. The topological polar surface area (TPSA) is 66.4 Å². The van der Waals surface area contributed by atoms with Crippen molar-refractivity contribution in [2.75, 3.05) is 5.32 Å². The number of rotatable bonds is 3. The number of aliphatic carboxylic acids is 1. The average Bonchev–Trinajstić information content (AvgIpc) is 3.30. The van der Waals surface area contributed by atoms with Gasteiger partial charge in [0.1, 0.15) is 0 Å². The molecule has 0 aromatic heterocycles. The highest BCUT2D eigenvalue weighted by Gasteiger charge is 2.62. The highest BCUT2D eigenvalue weighted by atomic mass is 35.5. The highest BCUT2D eigenvalue weighted by molar-refractivity contribution is 6.30. The molecule has 4 nitrogen and oxygen atoms in total. The lowest BCUT2D eigenvalue weighted by molar-refractivity contribution is -0.152. The number of carboxylic acids is 1. The Kier molecular flexibility index (Phi) is 3.05. The number of halogens is 1. The van der Waals surface area contributed by atoms with Crippen LogP contribution in [0.15, 0.2) is 36.4 Å². The number of carbonyl (C=O) groups excluding carboxylic acids is 1. The number of anilines is 1. The molecule has 0 unspecified atom stereocenters. The minimum Gasteiger partial charge on any atom is -0.481 e. The lowest BCUT2D eigenvalue weighted by Crippen LogP contribution is -2.48. The first-order valence-electron chi connectivity index (χ1n) is 7.54. The molecule has 2 N–H and O–H groups in total. The van der Waals surface area contributed by atoms with Gasteiger partial charge in [0.05, 0.1) is 11.8 Å². The van der Waals surface area contributed by atoms with Gasteiger partial charge in [0.25, 0.3) is 0 Å². The number of carbonyl (C=O) groups is 2. The first kappa shape index (κ1) is 13.8. The molecule has 22 heavy (non-hydrogen) atoms. The van der Waals surface area contributed by atoms with Crippen LogP contribution in [0.4, 0.5) is 5.69 Å². The average molecular weight is 318 g/mol. The van der Waals surface area contributed by atoms with Crippen LogP contribution in [0.25, 0.3) is 0 Å². The van der Waals surface area contributed by atoms with Crippen molar-refractivity contribution in [3.05, 3.63) is 41.4 Å². The fourth-order valence-corrected chi connectivity index (χ4v) is 4.45. The highest BCUT2D eigenvalue weighted by Crippen LogP contribution is 2.63. The number of benzene rings is 1. The molecule has 4 aliphatic carbocycles. The van der Waals surface area contributed by atoms with Gasteiger partial charge in [-0.25, -0.2) is 0 Å². The van der Waals surface area contributed by atoms with Crippen molar-refractivity contribution in [2.24, 2.45) is 35.5 Å². The smallest absolute Gasteiger partial charge is 0.307 e. The number of amides is 1. The summed E-state index contributed by atoms with van der Waals surface area (Å²) in [5.74, 6) is -1.11. The maximum atomic E-state index is 12.7. The standard InChI is InChI=1S/C17H16ClNO3/c18-8-1-3-9(4-2-8)19-16(20)14-10-5-6-11(13-7-12(10)13)15(14)17(21)22/h1-6,10-15H,7H2,(H,19,20)(H,21,22)/t10-,11-,12-,13-,14-,15+/m1/s1. The Labute approximate surface area is 133 Å². The molecule has 2 saturated carbocycles. The molecule has 2 bridgehead atoms. The van der Waals surface area contributed by atoms with Gasteiger partial charge in [-0.05, 0) is 54.4 Å². The second-order valence-electron chi connectivity index (χ2n) is 6.49. The summed E-state index contributed by atoms with van der Waals surface area (Å²) in [5, 5.41) is 13.0. The van der Waals surface area contributed by atoms with Crippen LogP contribution in [-0.4, -0.2) is 17.0 Å². The zero-order chi connectivity index (χ0) is 15.4. The molecule has 5 heteroatoms. The van der Waals surface area contributed by atoms with Crippen molar-refractivity contribution in [2.45, 2.75) is 6.42 Å². The molecule has 0 heterocycles. The maximum absolute atomic E-state index is 12.7. The Morgan fingerprint density at radius 3 is 2.23 bits per heavy atom. The molecule has 0 spiro atoms. The van der Waals surface area contributed by atoms with Crippen LogP contribution in [0.5, 0.6) is 0 Å². The fourth-order valence-electron chi connectivity index (χ4n) is 4.33. The molecule has 0 saturated heterocycles. The van der Waals surface area contributed by atoms with Crippen LogP contribution >= 0.6 is 11.6 Å². The summed E-state index contributed by atoms with van der Waals surface area (Å²) in [6, 6.07) is 6.87. The molecule has 1 aromatic carbocycles. The molecule has 1 amide bonds. The number of nitrogens with one attached hydrogen (secondary N) is 1. The van der Waals surface area contributed by atoms with Gasteiger partial charge in [0, 0.05) is 10.7 Å².